The van der Waals surface area contributed by atoms with Gasteiger partial charge in [0.15, 0.2) is 5.16 Å². The number of amides is 2. The topological polar surface area (TPSA) is 88.9 Å². The van der Waals surface area contributed by atoms with Crippen LogP contribution in [0, 0.1) is 0 Å². The Bertz CT molecular complexity index is 1040. The van der Waals surface area contributed by atoms with Crippen LogP contribution in [0.3, 0.4) is 0 Å². The van der Waals surface area contributed by atoms with Gasteiger partial charge in [-0.2, -0.15) is 0 Å². The summed E-state index contributed by atoms with van der Waals surface area (Å²) in [7, 11) is 0. The highest BCUT2D eigenvalue weighted by molar-refractivity contribution is 7.99. The van der Waals surface area contributed by atoms with Gasteiger partial charge in [-0.3, -0.25) is 9.59 Å². The lowest BCUT2D eigenvalue weighted by Gasteiger charge is -2.09. The molecule has 0 aliphatic heterocycles. The molecule has 1 heterocycles. The molecule has 0 radical (unpaired) electrons. The summed E-state index contributed by atoms with van der Waals surface area (Å²) in [6, 6.07) is 13.9. The number of rotatable bonds is 8. The zero-order valence-electron chi connectivity index (χ0n) is 16.1. The maximum atomic E-state index is 12.4. The van der Waals surface area contributed by atoms with E-state index in [0.717, 1.165) is 0 Å². The van der Waals surface area contributed by atoms with E-state index in [0.29, 0.717) is 38.9 Å². The van der Waals surface area contributed by atoms with Crippen molar-refractivity contribution in [1.82, 2.24) is 14.8 Å². The molecular weight excluding hydrogens is 445 g/mol. The third-order valence-corrected chi connectivity index (χ3v) is 5.58. The Labute approximate surface area is 188 Å². The van der Waals surface area contributed by atoms with Gasteiger partial charge in [-0.05, 0) is 43.3 Å². The number of anilines is 2. The van der Waals surface area contributed by atoms with E-state index in [1.807, 2.05) is 11.5 Å². The molecule has 0 saturated heterocycles. The number of benzene rings is 2. The van der Waals surface area contributed by atoms with Gasteiger partial charge in [0.2, 0.25) is 11.8 Å². The van der Waals surface area contributed by atoms with Crippen molar-refractivity contribution < 1.29 is 9.59 Å². The fourth-order valence-corrected chi connectivity index (χ4v) is 3.77. The molecule has 0 aliphatic rings. The molecule has 0 bridgehead atoms. The van der Waals surface area contributed by atoms with Crippen LogP contribution in [0.5, 0.6) is 0 Å². The van der Waals surface area contributed by atoms with Gasteiger partial charge in [0.1, 0.15) is 5.82 Å². The third-order valence-electron chi connectivity index (χ3n) is 4.04. The number of para-hydroxylation sites is 1. The van der Waals surface area contributed by atoms with Gasteiger partial charge in [0, 0.05) is 17.3 Å². The Kier molecular flexibility index (Phi) is 7.73. The number of aromatic nitrogens is 3. The van der Waals surface area contributed by atoms with E-state index < -0.39 is 0 Å². The molecule has 1 aromatic heterocycles. The van der Waals surface area contributed by atoms with Gasteiger partial charge in [0.25, 0.3) is 0 Å². The molecule has 156 valence electrons. The van der Waals surface area contributed by atoms with Crippen LogP contribution in [0.2, 0.25) is 10.0 Å². The van der Waals surface area contributed by atoms with Crippen LogP contribution >= 0.6 is 35.0 Å². The Balaban J connectivity index is 1.58. The highest BCUT2D eigenvalue weighted by Gasteiger charge is 2.16. The molecule has 0 unspecified atom stereocenters. The summed E-state index contributed by atoms with van der Waals surface area (Å²) in [4.78, 5) is 24.6. The summed E-state index contributed by atoms with van der Waals surface area (Å²) < 4.78 is 1.81. The second-order valence-electron chi connectivity index (χ2n) is 6.19. The third kappa shape index (κ3) is 5.98. The average molecular weight is 464 g/mol. The van der Waals surface area contributed by atoms with E-state index in [-0.39, 0.29) is 24.0 Å². The van der Waals surface area contributed by atoms with Crippen LogP contribution in [0.1, 0.15) is 12.7 Å². The predicted molar refractivity (Wildman–Crippen MR) is 120 cm³/mol. The van der Waals surface area contributed by atoms with Crippen LogP contribution in [-0.4, -0.2) is 32.3 Å². The van der Waals surface area contributed by atoms with Crippen molar-refractivity contribution in [3.05, 3.63) is 64.4 Å². The minimum atomic E-state index is -0.248. The Hall–Kier alpha value is -2.55. The number of carbonyl (C=O) groups excluding carboxylic acids is 2. The summed E-state index contributed by atoms with van der Waals surface area (Å²) in [6.45, 7) is 2.50. The van der Waals surface area contributed by atoms with Gasteiger partial charge >= 0.3 is 0 Å². The quantitative estimate of drug-likeness (QED) is 0.479. The molecule has 0 saturated carbocycles. The minimum absolute atomic E-state index is 0.0452. The predicted octanol–water partition coefficient (Wildman–Crippen LogP) is 4.52. The summed E-state index contributed by atoms with van der Waals surface area (Å²) in [5.74, 6) is 0.253. The molecule has 2 N–H and O–H groups in total. The highest BCUT2D eigenvalue weighted by atomic mass is 35.5. The second-order valence-corrected chi connectivity index (χ2v) is 7.98. The smallest absolute Gasteiger partial charge is 0.234 e. The van der Waals surface area contributed by atoms with Crippen molar-refractivity contribution in [3.8, 4) is 0 Å². The van der Waals surface area contributed by atoms with Gasteiger partial charge < -0.3 is 15.2 Å². The molecule has 0 aliphatic carbocycles. The van der Waals surface area contributed by atoms with Crippen molar-refractivity contribution in [1.29, 1.82) is 0 Å². The standard InChI is InChI=1S/C20H19Cl2N5O2S/c1-2-27-17(11-18(28)24-16-6-4-3-5-15(16)22)25-26-20(27)30-12-19(29)23-14-9-7-13(21)8-10-14/h3-10H,2,11-12H2,1H3,(H,23,29)(H,24,28). The van der Waals surface area contributed by atoms with E-state index in [4.69, 9.17) is 23.2 Å². The highest BCUT2D eigenvalue weighted by Crippen LogP contribution is 2.22. The largest absolute Gasteiger partial charge is 0.325 e. The minimum Gasteiger partial charge on any atom is -0.325 e. The van der Waals surface area contributed by atoms with Gasteiger partial charge in [-0.25, -0.2) is 0 Å². The molecule has 10 heteroatoms. The Morgan fingerprint density at radius 2 is 1.73 bits per heavy atom. The molecule has 2 aromatic carbocycles. The maximum Gasteiger partial charge on any atom is 0.234 e. The lowest BCUT2D eigenvalue weighted by atomic mass is 10.3. The average Bonchev–Trinajstić information content (AvgIpc) is 3.11. The van der Waals surface area contributed by atoms with Crippen LogP contribution in [0.15, 0.2) is 53.7 Å². The first kappa shape index (κ1) is 22.1. The van der Waals surface area contributed by atoms with Crippen LogP contribution in [0.4, 0.5) is 11.4 Å². The zero-order chi connectivity index (χ0) is 21.5. The monoisotopic (exact) mass is 463 g/mol. The first-order valence-corrected chi connectivity index (χ1v) is 10.8. The van der Waals surface area contributed by atoms with Crippen molar-refractivity contribution in [2.24, 2.45) is 0 Å². The van der Waals surface area contributed by atoms with Crippen LogP contribution in [0.25, 0.3) is 0 Å². The first-order valence-electron chi connectivity index (χ1n) is 9.11. The lowest BCUT2D eigenvalue weighted by Crippen LogP contribution is -2.18. The summed E-state index contributed by atoms with van der Waals surface area (Å²) in [6.07, 6.45) is 0.0452. The summed E-state index contributed by atoms with van der Waals surface area (Å²) in [5.41, 5.74) is 1.21. The van der Waals surface area contributed by atoms with Gasteiger partial charge in [-0.1, -0.05) is 47.1 Å². The van der Waals surface area contributed by atoms with Crippen molar-refractivity contribution >= 4 is 58.2 Å². The Morgan fingerprint density at radius 1 is 1.00 bits per heavy atom. The normalized spacial score (nSPS) is 10.6. The Morgan fingerprint density at radius 3 is 2.43 bits per heavy atom. The number of halogens is 2. The molecule has 0 atom stereocenters. The molecule has 0 fully saturated rings. The molecule has 3 aromatic rings. The molecule has 30 heavy (non-hydrogen) atoms. The zero-order valence-corrected chi connectivity index (χ0v) is 18.4. The van der Waals surface area contributed by atoms with E-state index in [2.05, 4.69) is 20.8 Å². The molecular formula is C20H19Cl2N5O2S. The van der Waals surface area contributed by atoms with Gasteiger partial charge in [0.05, 0.1) is 22.9 Å². The van der Waals surface area contributed by atoms with E-state index in [1.165, 1.54) is 11.8 Å². The van der Waals surface area contributed by atoms with E-state index >= 15 is 0 Å². The fraction of sp³-hybridized carbons (Fsp3) is 0.200. The van der Waals surface area contributed by atoms with E-state index in [1.54, 1.807) is 48.5 Å². The SMILES string of the molecule is CCn1c(CC(=O)Nc2ccccc2Cl)nnc1SCC(=O)Nc1ccc(Cl)cc1. The van der Waals surface area contributed by atoms with Crippen molar-refractivity contribution in [3.63, 3.8) is 0 Å². The first-order chi connectivity index (χ1) is 14.5. The molecule has 0 spiro atoms. The summed E-state index contributed by atoms with van der Waals surface area (Å²) >= 11 is 13.2. The number of nitrogens with one attached hydrogen (secondary N) is 2. The number of thioether (sulfide) groups is 1. The van der Waals surface area contributed by atoms with Gasteiger partial charge in [-0.15, -0.1) is 10.2 Å². The van der Waals surface area contributed by atoms with E-state index in [9.17, 15) is 9.59 Å². The van der Waals surface area contributed by atoms with Crippen LogP contribution in [-0.2, 0) is 22.6 Å². The molecule has 7 nitrogen and oxygen atoms in total. The number of hydrogen-bond acceptors (Lipinski definition) is 5. The fourth-order valence-electron chi connectivity index (χ4n) is 2.64. The second kappa shape index (κ2) is 10.5. The van der Waals surface area contributed by atoms with Crippen molar-refractivity contribution in [2.75, 3.05) is 16.4 Å². The maximum absolute atomic E-state index is 12.4. The molecule has 2 amide bonds. The van der Waals surface area contributed by atoms with Crippen LogP contribution < -0.4 is 10.6 Å². The summed E-state index contributed by atoms with van der Waals surface area (Å²) in [5, 5.41) is 15.4. The number of hydrogen-bond donors (Lipinski definition) is 2. The lowest BCUT2D eigenvalue weighted by molar-refractivity contribution is -0.116. The van der Waals surface area contributed by atoms with Crippen molar-refractivity contribution in [2.45, 2.75) is 25.0 Å². The number of nitrogens with zero attached hydrogens (tertiary/aromatic N) is 3. The molecule has 3 rings (SSSR count). The number of carbonyl (C=O) groups is 2.